The van der Waals surface area contributed by atoms with Gasteiger partial charge >= 0.3 is 0 Å². The molecule has 1 fully saturated rings. The van der Waals surface area contributed by atoms with Crippen molar-refractivity contribution in [1.29, 1.82) is 0 Å². The summed E-state index contributed by atoms with van der Waals surface area (Å²) in [6.45, 7) is 6.73. The molecule has 1 atom stereocenters. The third-order valence-corrected chi connectivity index (χ3v) is 5.13. The van der Waals surface area contributed by atoms with Crippen molar-refractivity contribution in [3.05, 3.63) is 71.8 Å². The van der Waals surface area contributed by atoms with Crippen LogP contribution in [0.25, 0.3) is 0 Å². The first-order valence-electron chi connectivity index (χ1n) is 8.67. The average Bonchev–Trinajstić information content (AvgIpc) is 3.05. The maximum absolute atomic E-state index is 11.6. The summed E-state index contributed by atoms with van der Waals surface area (Å²) in [4.78, 5) is 2.51. The van der Waals surface area contributed by atoms with Gasteiger partial charge in [-0.25, -0.2) is 0 Å². The third kappa shape index (κ3) is 4.00. The molecule has 1 N–H and O–H groups in total. The molecule has 1 aliphatic heterocycles. The molecule has 1 heterocycles. The number of likely N-dealkylation sites (tertiary alicyclic amines) is 1. The van der Waals surface area contributed by atoms with Crippen molar-refractivity contribution < 1.29 is 5.11 Å². The Hall–Kier alpha value is -1.35. The predicted molar refractivity (Wildman–Crippen MR) is 103 cm³/mol. The van der Waals surface area contributed by atoms with E-state index in [9.17, 15) is 5.11 Å². The molecule has 0 radical (unpaired) electrons. The lowest BCUT2D eigenvalue weighted by molar-refractivity contribution is 0.0526. The van der Waals surface area contributed by atoms with Gasteiger partial charge in [0, 0.05) is 12.6 Å². The molecule has 0 aliphatic carbocycles. The van der Waals surface area contributed by atoms with Gasteiger partial charge in [-0.05, 0) is 50.3 Å². The van der Waals surface area contributed by atoms with E-state index >= 15 is 0 Å². The maximum atomic E-state index is 11.6. The molecule has 0 spiro atoms. The van der Waals surface area contributed by atoms with Crippen LogP contribution in [0.15, 0.2) is 60.7 Å². The van der Waals surface area contributed by atoms with Crippen molar-refractivity contribution >= 4 is 12.4 Å². The minimum atomic E-state index is -0.903. The van der Waals surface area contributed by atoms with Crippen LogP contribution in [0.4, 0.5) is 0 Å². The number of halogens is 1. The Bertz CT molecular complexity index is 575. The maximum Gasteiger partial charge on any atom is 0.115 e. The van der Waals surface area contributed by atoms with Crippen molar-refractivity contribution in [3.8, 4) is 0 Å². The topological polar surface area (TPSA) is 23.5 Å². The lowest BCUT2D eigenvalue weighted by Gasteiger charge is -2.32. The van der Waals surface area contributed by atoms with Crippen LogP contribution in [0, 0.1) is 5.92 Å². The molecule has 130 valence electrons. The summed E-state index contributed by atoms with van der Waals surface area (Å²) in [6, 6.07) is 20.8. The smallest absolute Gasteiger partial charge is 0.115 e. The Balaban J connectivity index is 0.00000208. The lowest BCUT2D eigenvalue weighted by atomic mass is 9.79. The molecule has 0 saturated carbocycles. The SMILES string of the molecule is CC(C)N1CCC(CC(O)(c2ccccc2)c2ccccc2)C1.Cl. The van der Waals surface area contributed by atoms with E-state index in [1.54, 1.807) is 0 Å². The van der Waals surface area contributed by atoms with Crippen LogP contribution < -0.4 is 0 Å². The molecule has 0 amide bonds. The first-order chi connectivity index (χ1) is 11.1. The second kappa shape index (κ2) is 8.15. The van der Waals surface area contributed by atoms with Gasteiger partial charge < -0.3 is 10.0 Å². The largest absolute Gasteiger partial charge is 0.380 e. The summed E-state index contributed by atoms with van der Waals surface area (Å²) in [6.07, 6.45) is 1.95. The highest BCUT2D eigenvalue weighted by Crippen LogP contribution is 2.38. The van der Waals surface area contributed by atoms with Gasteiger partial charge in [-0.2, -0.15) is 0 Å². The molecule has 2 aromatic carbocycles. The summed E-state index contributed by atoms with van der Waals surface area (Å²) in [5.41, 5.74) is 1.09. The zero-order chi connectivity index (χ0) is 16.3. The van der Waals surface area contributed by atoms with Crippen molar-refractivity contribution in [2.45, 2.75) is 38.3 Å². The van der Waals surface area contributed by atoms with Crippen molar-refractivity contribution in [1.82, 2.24) is 4.90 Å². The highest BCUT2D eigenvalue weighted by atomic mass is 35.5. The monoisotopic (exact) mass is 345 g/mol. The van der Waals surface area contributed by atoms with E-state index in [-0.39, 0.29) is 12.4 Å². The predicted octanol–water partition coefficient (Wildman–Crippen LogP) is 4.46. The average molecular weight is 346 g/mol. The Morgan fingerprint density at radius 2 is 1.50 bits per heavy atom. The third-order valence-electron chi connectivity index (χ3n) is 5.13. The number of benzene rings is 2. The highest BCUT2D eigenvalue weighted by Gasteiger charge is 2.36. The normalized spacial score (nSPS) is 18.6. The molecular formula is C21H28ClNO. The zero-order valence-corrected chi connectivity index (χ0v) is 15.4. The van der Waals surface area contributed by atoms with E-state index in [0.717, 1.165) is 30.6 Å². The van der Waals surface area contributed by atoms with Crippen LogP contribution in [0.1, 0.15) is 37.8 Å². The second-order valence-corrected chi connectivity index (χ2v) is 7.04. The quantitative estimate of drug-likeness (QED) is 0.864. The lowest BCUT2D eigenvalue weighted by Crippen LogP contribution is -2.33. The van der Waals surface area contributed by atoms with Gasteiger partial charge in [-0.1, -0.05) is 60.7 Å². The molecule has 0 bridgehead atoms. The Labute approximate surface area is 151 Å². The van der Waals surface area contributed by atoms with Gasteiger partial charge in [-0.3, -0.25) is 0 Å². The number of aliphatic hydroxyl groups is 1. The van der Waals surface area contributed by atoms with Gasteiger partial charge in [0.05, 0.1) is 0 Å². The molecule has 3 rings (SSSR count). The first-order valence-corrected chi connectivity index (χ1v) is 8.67. The van der Waals surface area contributed by atoms with Crippen LogP contribution in [0.5, 0.6) is 0 Å². The van der Waals surface area contributed by atoms with Gasteiger partial charge in [0.25, 0.3) is 0 Å². The molecule has 1 aliphatic rings. The van der Waals surface area contributed by atoms with Crippen molar-refractivity contribution in [3.63, 3.8) is 0 Å². The second-order valence-electron chi connectivity index (χ2n) is 7.04. The van der Waals surface area contributed by atoms with Crippen LogP contribution in [-0.4, -0.2) is 29.1 Å². The summed E-state index contributed by atoms with van der Waals surface area (Å²) in [7, 11) is 0. The highest BCUT2D eigenvalue weighted by molar-refractivity contribution is 5.85. The molecule has 2 nitrogen and oxygen atoms in total. The van der Waals surface area contributed by atoms with Gasteiger partial charge in [-0.15, -0.1) is 12.4 Å². The number of rotatable bonds is 5. The minimum absolute atomic E-state index is 0. The van der Waals surface area contributed by atoms with Gasteiger partial charge in [0.2, 0.25) is 0 Å². The van der Waals surface area contributed by atoms with E-state index in [2.05, 4.69) is 18.7 Å². The van der Waals surface area contributed by atoms with Gasteiger partial charge in [0.15, 0.2) is 0 Å². The van der Waals surface area contributed by atoms with Crippen LogP contribution in [-0.2, 0) is 5.60 Å². The summed E-state index contributed by atoms with van der Waals surface area (Å²) >= 11 is 0. The van der Waals surface area contributed by atoms with Gasteiger partial charge in [0.1, 0.15) is 5.60 Å². The van der Waals surface area contributed by atoms with Crippen LogP contribution >= 0.6 is 12.4 Å². The zero-order valence-electron chi connectivity index (χ0n) is 14.6. The molecule has 1 saturated heterocycles. The van der Waals surface area contributed by atoms with E-state index < -0.39 is 5.60 Å². The Kier molecular flexibility index (Phi) is 6.45. The van der Waals surface area contributed by atoms with E-state index in [1.807, 2.05) is 60.7 Å². The van der Waals surface area contributed by atoms with E-state index in [4.69, 9.17) is 0 Å². The fraction of sp³-hybridized carbons (Fsp3) is 0.429. The fourth-order valence-electron chi connectivity index (χ4n) is 3.75. The fourth-order valence-corrected chi connectivity index (χ4v) is 3.75. The number of hydrogen-bond donors (Lipinski definition) is 1. The van der Waals surface area contributed by atoms with Crippen molar-refractivity contribution in [2.75, 3.05) is 13.1 Å². The molecule has 2 aromatic rings. The number of nitrogens with zero attached hydrogens (tertiary/aromatic N) is 1. The summed E-state index contributed by atoms with van der Waals surface area (Å²) in [5, 5.41) is 11.6. The molecule has 24 heavy (non-hydrogen) atoms. The van der Waals surface area contributed by atoms with Crippen molar-refractivity contribution in [2.24, 2.45) is 5.92 Å². The Morgan fingerprint density at radius 3 is 1.92 bits per heavy atom. The minimum Gasteiger partial charge on any atom is -0.380 e. The Morgan fingerprint density at radius 1 is 1.00 bits per heavy atom. The van der Waals surface area contributed by atoms with Crippen LogP contribution in [0.2, 0.25) is 0 Å². The number of hydrogen-bond acceptors (Lipinski definition) is 2. The standard InChI is InChI=1S/C21H27NO.ClH/c1-17(2)22-14-13-18(16-22)15-21(23,19-9-5-3-6-10-19)20-11-7-4-8-12-20;/h3-12,17-18,23H,13-16H2,1-2H3;1H. The van der Waals surface area contributed by atoms with E-state index in [1.165, 1.54) is 6.42 Å². The molecule has 1 unspecified atom stereocenters. The summed E-state index contributed by atoms with van der Waals surface area (Å²) < 4.78 is 0. The molecule has 3 heteroatoms. The first kappa shape index (κ1) is 19.0. The van der Waals surface area contributed by atoms with Crippen LogP contribution in [0.3, 0.4) is 0 Å². The molecular weight excluding hydrogens is 318 g/mol. The van der Waals surface area contributed by atoms with E-state index in [0.29, 0.717) is 12.0 Å². The summed E-state index contributed by atoms with van der Waals surface area (Å²) in [5.74, 6) is 0.530. The molecule has 0 aromatic heterocycles.